The normalized spacial score (nSPS) is 19.5. The number of hydrogen-bond acceptors (Lipinski definition) is 4. The van der Waals surface area contributed by atoms with Crippen LogP contribution < -0.4 is 0 Å². The van der Waals surface area contributed by atoms with Gasteiger partial charge in [-0.25, -0.2) is 0 Å². The monoisotopic (exact) mass is 287 g/mol. The van der Waals surface area contributed by atoms with Gasteiger partial charge >= 0.3 is 0 Å². The van der Waals surface area contributed by atoms with E-state index in [1.165, 1.54) is 25.9 Å². The lowest BCUT2D eigenvalue weighted by Gasteiger charge is -2.34. The minimum absolute atomic E-state index is 0.558. The molecule has 5 heteroatoms. The lowest BCUT2D eigenvalue weighted by Crippen LogP contribution is -2.38. The fourth-order valence-electron chi connectivity index (χ4n) is 2.24. The summed E-state index contributed by atoms with van der Waals surface area (Å²) in [7, 11) is 0. The minimum Gasteiger partial charge on any atom is -0.338 e. The van der Waals surface area contributed by atoms with Crippen LogP contribution in [0, 0.1) is 5.92 Å². The van der Waals surface area contributed by atoms with Gasteiger partial charge in [-0.1, -0.05) is 0 Å². The molecule has 1 saturated heterocycles. The third-order valence-corrected chi connectivity index (χ3v) is 3.61. The second kappa shape index (κ2) is 5.27. The summed E-state index contributed by atoms with van der Waals surface area (Å²) < 4.78 is 5.68. The van der Waals surface area contributed by atoms with Crippen molar-refractivity contribution in [2.24, 2.45) is 5.92 Å². The number of hydrogen-bond donors (Lipinski definition) is 0. The van der Waals surface area contributed by atoms with Crippen LogP contribution in [0.25, 0.3) is 0 Å². The van der Waals surface area contributed by atoms with Gasteiger partial charge in [0.1, 0.15) is 0 Å². The number of halogens is 1. The lowest BCUT2D eigenvalue weighted by molar-refractivity contribution is 0.145. The Hall–Kier alpha value is -0.420. The molecular weight excluding hydrogens is 270 g/mol. The van der Waals surface area contributed by atoms with Gasteiger partial charge in [0.05, 0.1) is 0 Å². The van der Waals surface area contributed by atoms with E-state index in [4.69, 9.17) is 4.52 Å². The highest BCUT2D eigenvalue weighted by Crippen LogP contribution is 2.22. The molecule has 1 aromatic heterocycles. The van der Waals surface area contributed by atoms with Crippen LogP contribution in [0.5, 0.6) is 0 Å². The van der Waals surface area contributed by atoms with Crippen molar-refractivity contribution in [1.29, 1.82) is 0 Å². The number of rotatable bonds is 3. The van der Waals surface area contributed by atoms with Crippen LogP contribution in [-0.2, 0) is 6.42 Å². The summed E-state index contributed by atoms with van der Waals surface area (Å²) in [6, 6.07) is 0.665. The summed E-state index contributed by atoms with van der Waals surface area (Å²) in [5, 5.41) is 3.75. The quantitative estimate of drug-likeness (QED) is 0.857. The van der Waals surface area contributed by atoms with Gasteiger partial charge in [0.2, 0.25) is 10.6 Å². The topological polar surface area (TPSA) is 42.2 Å². The molecule has 0 bridgehead atoms. The zero-order valence-electron chi connectivity index (χ0n) is 9.82. The zero-order chi connectivity index (χ0) is 11.5. The fraction of sp³-hybridized carbons (Fsp3) is 0.818. The molecule has 0 aliphatic carbocycles. The van der Waals surface area contributed by atoms with Crippen LogP contribution >= 0.6 is 15.9 Å². The number of nitrogens with zero attached hydrogens (tertiary/aromatic N) is 3. The summed E-state index contributed by atoms with van der Waals surface area (Å²) >= 11 is 3.20. The predicted octanol–water partition coefficient (Wildman–Crippen LogP) is 2.50. The van der Waals surface area contributed by atoms with Gasteiger partial charge in [-0.15, -0.1) is 0 Å². The van der Waals surface area contributed by atoms with E-state index >= 15 is 0 Å². The SMILES string of the molecule is CC(C)N1CCC(Cc2nc(Br)no2)CC1. The lowest BCUT2D eigenvalue weighted by atomic mass is 9.93. The summed E-state index contributed by atoms with van der Waals surface area (Å²) in [6.45, 7) is 6.90. The summed E-state index contributed by atoms with van der Waals surface area (Å²) in [5.41, 5.74) is 0. The fourth-order valence-corrected chi connectivity index (χ4v) is 2.51. The molecule has 1 fully saturated rings. The third-order valence-electron chi connectivity index (χ3n) is 3.29. The molecule has 0 spiro atoms. The average Bonchev–Trinajstić information content (AvgIpc) is 2.65. The summed E-state index contributed by atoms with van der Waals surface area (Å²) in [5.74, 6) is 1.46. The van der Waals surface area contributed by atoms with Gasteiger partial charge in [0.25, 0.3) is 0 Å². The van der Waals surface area contributed by atoms with Gasteiger partial charge in [-0.05, 0) is 66.8 Å². The Morgan fingerprint density at radius 2 is 2.12 bits per heavy atom. The van der Waals surface area contributed by atoms with Crippen molar-refractivity contribution in [3.05, 3.63) is 10.6 Å². The van der Waals surface area contributed by atoms with Crippen molar-refractivity contribution >= 4 is 15.9 Å². The molecule has 4 nitrogen and oxygen atoms in total. The first-order valence-electron chi connectivity index (χ1n) is 5.87. The van der Waals surface area contributed by atoms with Gasteiger partial charge < -0.3 is 9.42 Å². The third kappa shape index (κ3) is 3.04. The Bertz CT molecular complexity index is 332. The number of aromatic nitrogens is 2. The molecule has 0 N–H and O–H groups in total. The van der Waals surface area contributed by atoms with Crippen LogP contribution in [0.2, 0.25) is 0 Å². The molecule has 90 valence electrons. The molecule has 0 saturated carbocycles. The Morgan fingerprint density at radius 1 is 1.44 bits per heavy atom. The van der Waals surface area contributed by atoms with E-state index in [9.17, 15) is 0 Å². The molecule has 1 aromatic rings. The summed E-state index contributed by atoms with van der Waals surface area (Å²) in [6.07, 6.45) is 3.39. The van der Waals surface area contributed by atoms with Crippen molar-refractivity contribution in [3.8, 4) is 0 Å². The van der Waals surface area contributed by atoms with Crippen molar-refractivity contribution in [1.82, 2.24) is 15.0 Å². The Balaban J connectivity index is 1.81. The van der Waals surface area contributed by atoms with Crippen molar-refractivity contribution in [2.75, 3.05) is 13.1 Å². The van der Waals surface area contributed by atoms with E-state index in [0.29, 0.717) is 16.7 Å². The van der Waals surface area contributed by atoms with Crippen molar-refractivity contribution in [2.45, 2.75) is 39.2 Å². The smallest absolute Gasteiger partial charge is 0.238 e. The molecule has 2 rings (SSSR count). The molecule has 1 aliphatic rings. The van der Waals surface area contributed by atoms with E-state index in [1.807, 2.05) is 0 Å². The molecule has 0 radical (unpaired) electrons. The maximum atomic E-state index is 5.12. The molecule has 0 unspecified atom stereocenters. The molecule has 0 atom stereocenters. The Morgan fingerprint density at radius 3 is 2.62 bits per heavy atom. The first-order valence-corrected chi connectivity index (χ1v) is 6.66. The second-order valence-electron chi connectivity index (χ2n) is 4.73. The maximum Gasteiger partial charge on any atom is 0.238 e. The minimum atomic E-state index is 0.558. The highest BCUT2D eigenvalue weighted by molar-refractivity contribution is 9.10. The van der Waals surface area contributed by atoms with Crippen LogP contribution in [0.4, 0.5) is 0 Å². The van der Waals surface area contributed by atoms with E-state index in [-0.39, 0.29) is 0 Å². The largest absolute Gasteiger partial charge is 0.338 e. The van der Waals surface area contributed by atoms with Crippen molar-refractivity contribution in [3.63, 3.8) is 0 Å². The van der Waals surface area contributed by atoms with Crippen LogP contribution in [0.3, 0.4) is 0 Å². The molecule has 1 aliphatic heterocycles. The van der Waals surface area contributed by atoms with Gasteiger partial charge in [-0.2, -0.15) is 4.98 Å². The van der Waals surface area contributed by atoms with E-state index < -0.39 is 0 Å². The number of piperidine rings is 1. The molecule has 2 heterocycles. The maximum absolute atomic E-state index is 5.12. The van der Waals surface area contributed by atoms with E-state index in [0.717, 1.165) is 12.3 Å². The molecule has 16 heavy (non-hydrogen) atoms. The average molecular weight is 288 g/mol. The second-order valence-corrected chi connectivity index (χ2v) is 5.44. The first-order chi connectivity index (χ1) is 7.65. The predicted molar refractivity (Wildman–Crippen MR) is 65.1 cm³/mol. The van der Waals surface area contributed by atoms with Gasteiger partial charge in [0, 0.05) is 12.5 Å². The zero-order valence-corrected chi connectivity index (χ0v) is 11.4. The molecular formula is C11H18BrN3O. The van der Waals surface area contributed by atoms with Crippen LogP contribution in [-0.4, -0.2) is 34.2 Å². The first kappa shape index (κ1) is 12.0. The summed E-state index contributed by atoms with van der Waals surface area (Å²) in [4.78, 5) is 6.71. The van der Waals surface area contributed by atoms with Crippen molar-refractivity contribution < 1.29 is 4.52 Å². The van der Waals surface area contributed by atoms with Gasteiger partial charge in [-0.3, -0.25) is 0 Å². The van der Waals surface area contributed by atoms with Crippen LogP contribution in [0.15, 0.2) is 9.26 Å². The van der Waals surface area contributed by atoms with E-state index in [2.05, 4.69) is 44.8 Å². The Kier molecular flexibility index (Phi) is 3.97. The highest BCUT2D eigenvalue weighted by atomic mass is 79.9. The highest BCUT2D eigenvalue weighted by Gasteiger charge is 2.22. The molecule has 0 aromatic carbocycles. The Labute approximate surface area is 105 Å². The van der Waals surface area contributed by atoms with Gasteiger partial charge in [0.15, 0.2) is 0 Å². The number of likely N-dealkylation sites (tertiary alicyclic amines) is 1. The van der Waals surface area contributed by atoms with E-state index in [1.54, 1.807) is 0 Å². The van der Waals surface area contributed by atoms with Crippen LogP contribution in [0.1, 0.15) is 32.6 Å². The standard InChI is InChI=1S/C11H18BrN3O/c1-8(2)15-5-3-9(4-6-15)7-10-13-11(12)14-16-10/h8-9H,3-7H2,1-2H3. The molecule has 0 amide bonds.